The van der Waals surface area contributed by atoms with Gasteiger partial charge >= 0.3 is 6.09 Å². The zero-order valence-electron chi connectivity index (χ0n) is 9.44. The van der Waals surface area contributed by atoms with E-state index in [4.69, 9.17) is 11.3 Å². The molecule has 0 radical (unpaired) electrons. The van der Waals surface area contributed by atoms with Gasteiger partial charge in [0.2, 0.25) is 5.69 Å². The predicted molar refractivity (Wildman–Crippen MR) is 60.4 cm³/mol. The van der Waals surface area contributed by atoms with Crippen LogP contribution in [0.25, 0.3) is 4.85 Å². The van der Waals surface area contributed by atoms with Crippen molar-refractivity contribution in [1.82, 2.24) is 4.98 Å². The number of rotatable bonds is 1. The van der Waals surface area contributed by atoms with E-state index in [9.17, 15) is 4.79 Å². The highest BCUT2D eigenvalue weighted by molar-refractivity contribution is 5.83. The van der Waals surface area contributed by atoms with Crippen molar-refractivity contribution in [3.8, 4) is 0 Å². The van der Waals surface area contributed by atoms with E-state index < -0.39 is 11.7 Å². The molecule has 0 spiro atoms. The summed E-state index contributed by atoms with van der Waals surface area (Å²) in [6.45, 7) is 12.1. The normalized spacial score (nSPS) is 10.4. The van der Waals surface area contributed by atoms with Crippen LogP contribution >= 0.6 is 0 Å². The third-order valence-corrected chi connectivity index (χ3v) is 1.51. The smallest absolute Gasteiger partial charge is 0.413 e. The summed E-state index contributed by atoms with van der Waals surface area (Å²) in [5.74, 6) is 0.363. The van der Waals surface area contributed by atoms with E-state index in [0.717, 1.165) is 0 Å². The first-order valence-electron chi connectivity index (χ1n) is 4.74. The van der Waals surface area contributed by atoms with E-state index in [-0.39, 0.29) is 0 Å². The van der Waals surface area contributed by atoms with Gasteiger partial charge in [0.1, 0.15) is 11.4 Å². The van der Waals surface area contributed by atoms with E-state index in [0.29, 0.717) is 11.5 Å². The molecule has 0 saturated heterocycles. The third-order valence-electron chi connectivity index (χ3n) is 1.51. The maximum Gasteiger partial charge on any atom is 0.413 e. The topological polar surface area (TPSA) is 55.6 Å². The van der Waals surface area contributed by atoms with E-state index in [1.54, 1.807) is 32.9 Å². The molecule has 0 aliphatic carbocycles. The largest absolute Gasteiger partial charge is 0.444 e. The summed E-state index contributed by atoms with van der Waals surface area (Å²) in [4.78, 5) is 18.4. The van der Waals surface area contributed by atoms with Gasteiger partial charge in [-0.05, 0) is 26.8 Å². The average molecular weight is 219 g/mol. The van der Waals surface area contributed by atoms with E-state index >= 15 is 0 Å². The molecule has 0 saturated carbocycles. The number of pyridine rings is 1. The molecular weight excluding hydrogens is 206 g/mol. The van der Waals surface area contributed by atoms with Crippen molar-refractivity contribution >= 4 is 17.6 Å². The highest BCUT2D eigenvalue weighted by atomic mass is 16.6. The Kier molecular flexibility index (Phi) is 3.46. The molecule has 0 aliphatic rings. The van der Waals surface area contributed by atoms with Gasteiger partial charge in [-0.1, -0.05) is 6.07 Å². The van der Waals surface area contributed by atoms with Gasteiger partial charge in [-0.3, -0.25) is 10.3 Å². The quantitative estimate of drug-likeness (QED) is 0.739. The van der Waals surface area contributed by atoms with Crippen molar-refractivity contribution < 1.29 is 9.53 Å². The molecule has 1 N–H and O–H groups in total. The Balaban J connectivity index is 2.61. The molecule has 84 valence electrons. The first kappa shape index (κ1) is 12.0. The maximum atomic E-state index is 11.3. The fourth-order valence-electron chi connectivity index (χ4n) is 0.934. The number of hydrogen-bond acceptors (Lipinski definition) is 3. The second-order valence-corrected chi connectivity index (χ2v) is 4.14. The predicted octanol–water partition coefficient (Wildman–Crippen LogP) is 2.98. The first-order valence-corrected chi connectivity index (χ1v) is 4.74. The van der Waals surface area contributed by atoms with Crippen LogP contribution in [-0.2, 0) is 4.74 Å². The van der Waals surface area contributed by atoms with Gasteiger partial charge in [-0.15, -0.1) is 0 Å². The fraction of sp³-hybridized carbons (Fsp3) is 0.364. The standard InChI is InChI=1S/C11H13N3O2/c1-11(2,3)16-10(15)14-9-6-5-8(12-4)7-13-9/h5-7H,1-3H3,(H,13,14,15). The van der Waals surface area contributed by atoms with Crippen LogP contribution in [0.1, 0.15) is 20.8 Å². The van der Waals surface area contributed by atoms with Gasteiger partial charge in [0.05, 0.1) is 6.57 Å². The van der Waals surface area contributed by atoms with Crippen molar-refractivity contribution in [3.05, 3.63) is 29.7 Å². The van der Waals surface area contributed by atoms with E-state index in [1.165, 1.54) is 6.20 Å². The number of ether oxygens (including phenoxy) is 1. The second kappa shape index (κ2) is 4.62. The fourth-order valence-corrected chi connectivity index (χ4v) is 0.934. The molecule has 1 heterocycles. The lowest BCUT2D eigenvalue weighted by Crippen LogP contribution is -2.27. The Bertz CT molecular complexity index is 412. The van der Waals surface area contributed by atoms with E-state index in [1.807, 2.05) is 0 Å². The molecule has 0 aromatic carbocycles. The summed E-state index contributed by atoms with van der Waals surface area (Å²) in [5, 5.41) is 2.47. The van der Waals surface area contributed by atoms with Crippen LogP contribution in [0, 0.1) is 6.57 Å². The first-order chi connectivity index (χ1) is 7.40. The van der Waals surface area contributed by atoms with Crippen molar-refractivity contribution in [1.29, 1.82) is 0 Å². The minimum Gasteiger partial charge on any atom is -0.444 e. The molecule has 5 heteroatoms. The van der Waals surface area contributed by atoms with Gasteiger partial charge in [-0.2, -0.15) is 0 Å². The Morgan fingerprint density at radius 2 is 2.19 bits per heavy atom. The highest BCUT2D eigenvalue weighted by Crippen LogP contribution is 2.13. The maximum absolute atomic E-state index is 11.3. The van der Waals surface area contributed by atoms with Gasteiger partial charge < -0.3 is 4.74 Å². The minimum atomic E-state index is -0.560. The van der Waals surface area contributed by atoms with Crippen molar-refractivity contribution in [2.75, 3.05) is 5.32 Å². The van der Waals surface area contributed by atoms with Crippen LogP contribution < -0.4 is 5.32 Å². The Morgan fingerprint density at radius 1 is 1.50 bits per heavy atom. The van der Waals surface area contributed by atoms with Gasteiger partial charge in [0, 0.05) is 6.20 Å². The molecule has 5 nitrogen and oxygen atoms in total. The average Bonchev–Trinajstić information content (AvgIpc) is 2.16. The number of carbonyl (C=O) groups is 1. The highest BCUT2D eigenvalue weighted by Gasteiger charge is 2.16. The summed E-state index contributed by atoms with van der Waals surface area (Å²) >= 11 is 0. The number of nitrogens with zero attached hydrogens (tertiary/aromatic N) is 2. The molecule has 0 bridgehead atoms. The second-order valence-electron chi connectivity index (χ2n) is 4.14. The zero-order valence-corrected chi connectivity index (χ0v) is 9.44. The summed E-state index contributed by atoms with van der Waals surface area (Å²) in [5.41, 5.74) is -0.115. The summed E-state index contributed by atoms with van der Waals surface area (Å²) in [7, 11) is 0. The zero-order chi connectivity index (χ0) is 12.2. The van der Waals surface area contributed by atoms with Crippen LogP contribution in [0.4, 0.5) is 16.3 Å². The van der Waals surface area contributed by atoms with Gasteiger partial charge in [0.15, 0.2) is 0 Å². The number of carbonyl (C=O) groups excluding carboxylic acids is 1. The molecule has 0 fully saturated rings. The monoisotopic (exact) mass is 219 g/mol. The lowest BCUT2D eigenvalue weighted by Gasteiger charge is -2.19. The van der Waals surface area contributed by atoms with Gasteiger partial charge in [-0.25, -0.2) is 9.64 Å². The van der Waals surface area contributed by atoms with Crippen LogP contribution in [0.3, 0.4) is 0 Å². The molecular formula is C11H13N3O2. The Labute approximate surface area is 94.3 Å². The number of anilines is 1. The summed E-state index contributed by atoms with van der Waals surface area (Å²) < 4.78 is 5.05. The van der Waals surface area contributed by atoms with Crippen molar-refractivity contribution in [2.45, 2.75) is 26.4 Å². The molecule has 1 rings (SSSR count). The lowest BCUT2D eigenvalue weighted by molar-refractivity contribution is 0.0635. The minimum absolute atomic E-state index is 0.363. The molecule has 16 heavy (non-hydrogen) atoms. The number of aromatic nitrogens is 1. The number of hydrogen-bond donors (Lipinski definition) is 1. The lowest BCUT2D eigenvalue weighted by atomic mass is 10.2. The van der Waals surface area contributed by atoms with Crippen molar-refractivity contribution in [2.24, 2.45) is 0 Å². The third kappa shape index (κ3) is 3.96. The van der Waals surface area contributed by atoms with Gasteiger partial charge in [0.25, 0.3) is 0 Å². The van der Waals surface area contributed by atoms with Crippen molar-refractivity contribution in [3.63, 3.8) is 0 Å². The van der Waals surface area contributed by atoms with Crippen LogP contribution in [0.15, 0.2) is 18.3 Å². The Morgan fingerprint density at radius 3 is 2.62 bits per heavy atom. The number of amides is 1. The van der Waals surface area contributed by atoms with E-state index in [2.05, 4.69) is 15.1 Å². The molecule has 1 aromatic rings. The summed E-state index contributed by atoms with van der Waals surface area (Å²) in [6.07, 6.45) is 0.829. The molecule has 1 aromatic heterocycles. The molecule has 0 aliphatic heterocycles. The SMILES string of the molecule is [C-]#[N+]c1ccc(NC(=O)OC(C)(C)C)nc1. The van der Waals surface area contributed by atoms with Crippen LogP contribution in [-0.4, -0.2) is 16.7 Å². The molecule has 0 unspecified atom stereocenters. The number of nitrogens with one attached hydrogen (secondary N) is 1. The molecule has 0 atom stereocenters. The van der Waals surface area contributed by atoms with Crippen LogP contribution in [0.5, 0.6) is 0 Å². The Hall–Kier alpha value is -2.09. The van der Waals surface area contributed by atoms with Crippen LogP contribution in [0.2, 0.25) is 0 Å². The summed E-state index contributed by atoms with van der Waals surface area (Å²) in [6, 6.07) is 3.13. The molecule has 1 amide bonds.